The summed E-state index contributed by atoms with van der Waals surface area (Å²) in [5.74, 6) is -2.15. The highest BCUT2D eigenvalue weighted by Crippen LogP contribution is 2.29. The molecule has 1 rings (SSSR count). The molecule has 0 saturated carbocycles. The summed E-state index contributed by atoms with van der Waals surface area (Å²) in [5, 5.41) is 18.0. The van der Waals surface area contributed by atoms with E-state index in [1.165, 1.54) is 12.0 Å². The molecular formula is C14H19NO5. The van der Waals surface area contributed by atoms with E-state index < -0.39 is 17.9 Å². The monoisotopic (exact) mass is 281 g/mol. The van der Waals surface area contributed by atoms with Crippen molar-refractivity contribution < 1.29 is 24.5 Å². The van der Waals surface area contributed by atoms with Gasteiger partial charge in [-0.1, -0.05) is 13.0 Å². The number of aliphatic carboxylic acids is 2. The molecule has 6 heteroatoms. The highest BCUT2D eigenvalue weighted by Gasteiger charge is 2.21. The van der Waals surface area contributed by atoms with Crippen LogP contribution in [0.25, 0.3) is 0 Å². The van der Waals surface area contributed by atoms with Crippen LogP contribution < -0.4 is 9.64 Å². The maximum atomic E-state index is 11.0. The number of carbonyl (C=O) groups is 2. The van der Waals surface area contributed by atoms with Crippen LogP contribution in [0.4, 0.5) is 5.69 Å². The summed E-state index contributed by atoms with van der Waals surface area (Å²) in [4.78, 5) is 23.5. The first-order valence-corrected chi connectivity index (χ1v) is 6.19. The first kappa shape index (κ1) is 15.8. The molecule has 0 aromatic heterocycles. The fraction of sp³-hybridized carbons (Fsp3) is 0.429. The number of hydrogen-bond acceptors (Lipinski definition) is 4. The Balaban J connectivity index is 3.12. The van der Waals surface area contributed by atoms with Crippen molar-refractivity contribution in [1.82, 2.24) is 0 Å². The minimum absolute atomic E-state index is 0.0987. The molecule has 0 heterocycles. The normalized spacial score (nSPS) is 11.8. The van der Waals surface area contributed by atoms with Crippen molar-refractivity contribution >= 4 is 17.6 Å². The number of rotatable bonds is 7. The second kappa shape index (κ2) is 6.79. The van der Waals surface area contributed by atoms with Crippen LogP contribution in [-0.4, -0.2) is 42.4 Å². The molecule has 0 spiro atoms. The molecule has 0 amide bonds. The van der Waals surface area contributed by atoms with Crippen molar-refractivity contribution in [2.24, 2.45) is 5.92 Å². The molecule has 1 aromatic carbocycles. The van der Waals surface area contributed by atoms with Gasteiger partial charge in [0, 0.05) is 6.54 Å². The van der Waals surface area contributed by atoms with E-state index in [0.717, 1.165) is 5.56 Å². The first-order chi connectivity index (χ1) is 9.35. The van der Waals surface area contributed by atoms with Gasteiger partial charge in [0.25, 0.3) is 0 Å². The lowest BCUT2D eigenvalue weighted by Gasteiger charge is -2.26. The van der Waals surface area contributed by atoms with E-state index in [0.29, 0.717) is 11.4 Å². The lowest BCUT2D eigenvalue weighted by Crippen LogP contribution is -2.36. The molecule has 0 aliphatic heterocycles. The highest BCUT2D eigenvalue weighted by molar-refractivity contribution is 5.77. The van der Waals surface area contributed by atoms with Crippen molar-refractivity contribution in [1.29, 1.82) is 0 Å². The third-order valence-electron chi connectivity index (χ3n) is 2.92. The quantitative estimate of drug-likeness (QED) is 0.789. The van der Waals surface area contributed by atoms with Crippen molar-refractivity contribution in [2.45, 2.75) is 13.8 Å². The molecule has 110 valence electrons. The van der Waals surface area contributed by atoms with Crippen LogP contribution >= 0.6 is 0 Å². The van der Waals surface area contributed by atoms with Gasteiger partial charge in [-0.05, 0) is 24.6 Å². The average Bonchev–Trinajstić information content (AvgIpc) is 2.37. The maximum Gasteiger partial charge on any atom is 0.323 e. The maximum absolute atomic E-state index is 11.0. The van der Waals surface area contributed by atoms with E-state index in [4.69, 9.17) is 14.9 Å². The number of methoxy groups -OCH3 is 1. The summed E-state index contributed by atoms with van der Waals surface area (Å²) in [7, 11) is 1.49. The zero-order valence-electron chi connectivity index (χ0n) is 11.8. The Bertz CT molecular complexity index is 500. The van der Waals surface area contributed by atoms with Gasteiger partial charge in [-0.2, -0.15) is 0 Å². The van der Waals surface area contributed by atoms with Crippen molar-refractivity contribution in [3.8, 4) is 5.75 Å². The minimum atomic E-state index is -1.02. The van der Waals surface area contributed by atoms with Crippen molar-refractivity contribution in [2.75, 3.05) is 25.1 Å². The Morgan fingerprint density at radius 2 is 2.00 bits per heavy atom. The van der Waals surface area contributed by atoms with Gasteiger partial charge in [0.05, 0.1) is 18.7 Å². The molecule has 0 fully saturated rings. The summed E-state index contributed by atoms with van der Waals surface area (Å²) in [6, 6.07) is 5.38. The topological polar surface area (TPSA) is 87.1 Å². The van der Waals surface area contributed by atoms with Crippen LogP contribution in [0.3, 0.4) is 0 Å². The van der Waals surface area contributed by atoms with E-state index in [1.807, 2.05) is 13.0 Å². The molecule has 20 heavy (non-hydrogen) atoms. The zero-order chi connectivity index (χ0) is 15.3. The Kier molecular flexibility index (Phi) is 5.37. The SMILES string of the molecule is COc1ccc(C)cc1N(CC(=O)O)CC(C)C(=O)O. The number of carboxylic acids is 2. The zero-order valence-corrected chi connectivity index (χ0v) is 11.8. The van der Waals surface area contributed by atoms with Gasteiger partial charge < -0.3 is 19.8 Å². The van der Waals surface area contributed by atoms with Crippen LogP contribution in [0.1, 0.15) is 12.5 Å². The van der Waals surface area contributed by atoms with Crippen LogP contribution in [0, 0.1) is 12.8 Å². The number of aryl methyl sites for hydroxylation is 1. The Hall–Kier alpha value is -2.24. The predicted octanol–water partition coefficient (Wildman–Crippen LogP) is 1.62. The molecule has 0 aliphatic rings. The number of nitrogens with zero attached hydrogens (tertiary/aromatic N) is 1. The third-order valence-corrected chi connectivity index (χ3v) is 2.92. The van der Waals surface area contributed by atoms with Gasteiger partial charge in [0.1, 0.15) is 12.3 Å². The van der Waals surface area contributed by atoms with E-state index >= 15 is 0 Å². The van der Waals surface area contributed by atoms with E-state index in [2.05, 4.69) is 0 Å². The fourth-order valence-corrected chi connectivity index (χ4v) is 1.87. The van der Waals surface area contributed by atoms with Crippen LogP contribution in [0.15, 0.2) is 18.2 Å². The van der Waals surface area contributed by atoms with Crippen molar-refractivity contribution in [3.63, 3.8) is 0 Å². The average molecular weight is 281 g/mol. The van der Waals surface area contributed by atoms with Gasteiger partial charge >= 0.3 is 11.9 Å². The molecular weight excluding hydrogens is 262 g/mol. The first-order valence-electron chi connectivity index (χ1n) is 6.19. The lowest BCUT2D eigenvalue weighted by atomic mass is 10.1. The molecule has 0 bridgehead atoms. The molecule has 0 aliphatic carbocycles. The smallest absolute Gasteiger partial charge is 0.323 e. The Morgan fingerprint density at radius 3 is 2.50 bits per heavy atom. The minimum Gasteiger partial charge on any atom is -0.495 e. The number of carboxylic acid groups (broad SMARTS) is 2. The van der Waals surface area contributed by atoms with E-state index in [-0.39, 0.29) is 13.1 Å². The second-order valence-electron chi connectivity index (χ2n) is 4.69. The van der Waals surface area contributed by atoms with Crippen molar-refractivity contribution in [3.05, 3.63) is 23.8 Å². The number of hydrogen-bond donors (Lipinski definition) is 2. The highest BCUT2D eigenvalue weighted by atomic mass is 16.5. The van der Waals surface area contributed by atoms with E-state index in [9.17, 15) is 9.59 Å². The predicted molar refractivity (Wildman–Crippen MR) is 74.4 cm³/mol. The molecule has 6 nitrogen and oxygen atoms in total. The molecule has 1 unspecified atom stereocenters. The van der Waals surface area contributed by atoms with E-state index in [1.54, 1.807) is 19.1 Å². The van der Waals surface area contributed by atoms with Gasteiger partial charge in [0.15, 0.2) is 0 Å². The van der Waals surface area contributed by atoms with Gasteiger partial charge in [0.2, 0.25) is 0 Å². The Labute approximate surface area is 117 Å². The molecule has 0 radical (unpaired) electrons. The molecule has 1 atom stereocenters. The van der Waals surface area contributed by atoms with Crippen LogP contribution in [0.2, 0.25) is 0 Å². The van der Waals surface area contributed by atoms with Crippen LogP contribution in [-0.2, 0) is 9.59 Å². The summed E-state index contributed by atoms with van der Waals surface area (Å²) < 4.78 is 5.22. The third kappa shape index (κ3) is 4.15. The Morgan fingerprint density at radius 1 is 1.35 bits per heavy atom. The molecule has 0 saturated heterocycles. The van der Waals surface area contributed by atoms with Crippen LogP contribution in [0.5, 0.6) is 5.75 Å². The fourth-order valence-electron chi connectivity index (χ4n) is 1.87. The summed E-state index contributed by atoms with van der Waals surface area (Å²) in [6.07, 6.45) is 0. The molecule has 1 aromatic rings. The number of ether oxygens (including phenoxy) is 1. The number of anilines is 1. The standard InChI is InChI=1S/C14H19NO5/c1-9-4-5-12(20-3)11(6-9)15(8-13(16)17)7-10(2)14(18)19/h4-6,10H,7-8H2,1-3H3,(H,16,17)(H,18,19). The second-order valence-corrected chi connectivity index (χ2v) is 4.69. The lowest BCUT2D eigenvalue weighted by molar-refractivity contribution is -0.141. The van der Waals surface area contributed by atoms with Gasteiger partial charge in [-0.3, -0.25) is 9.59 Å². The summed E-state index contributed by atoms with van der Waals surface area (Å²) in [6.45, 7) is 3.24. The largest absolute Gasteiger partial charge is 0.495 e. The molecule has 2 N–H and O–H groups in total. The summed E-state index contributed by atoms with van der Waals surface area (Å²) >= 11 is 0. The van der Waals surface area contributed by atoms with Gasteiger partial charge in [-0.15, -0.1) is 0 Å². The number of benzene rings is 1. The summed E-state index contributed by atoms with van der Waals surface area (Å²) in [5.41, 5.74) is 1.53. The van der Waals surface area contributed by atoms with Gasteiger partial charge in [-0.25, -0.2) is 0 Å².